The van der Waals surface area contributed by atoms with Gasteiger partial charge in [-0.2, -0.15) is 0 Å². The Kier molecular flexibility index (Phi) is 5.44. The third-order valence-electron chi connectivity index (χ3n) is 3.30. The molecule has 0 amide bonds. The van der Waals surface area contributed by atoms with Gasteiger partial charge in [0, 0.05) is 17.8 Å². The lowest BCUT2D eigenvalue weighted by Gasteiger charge is -2.17. The molecular weight excluding hydrogens is 244 g/mol. The Morgan fingerprint density at radius 3 is 2.37 bits per heavy atom. The minimum atomic E-state index is -0.0524. The van der Waals surface area contributed by atoms with E-state index < -0.39 is 0 Å². The molecule has 0 aromatic carbocycles. The summed E-state index contributed by atoms with van der Waals surface area (Å²) >= 11 is 0. The highest BCUT2D eigenvalue weighted by molar-refractivity contribution is 6.03. The molecule has 1 heterocycles. The number of carbonyl (C=O) groups excluding carboxylic acids is 2. The molecule has 0 fully saturated rings. The number of likely N-dealkylation sites (N-methyl/N-ethyl adjacent to an activating group) is 1. The molecule has 0 saturated heterocycles. The number of aryl methyl sites for hydroxylation is 1. The summed E-state index contributed by atoms with van der Waals surface area (Å²) < 4.78 is 0. The number of aliphatic hydroxyl groups excluding tert-OH is 1. The van der Waals surface area contributed by atoms with Crippen LogP contribution in [-0.2, 0) is 0 Å². The Balaban J connectivity index is 2.95. The molecule has 5 heteroatoms. The summed E-state index contributed by atoms with van der Waals surface area (Å²) in [6.07, 6.45) is 0. The Hall–Kier alpha value is -1.46. The molecule has 2 N–H and O–H groups in total. The number of Topliss-reactive ketones (excluding diaryl/α,β-unsaturated/α-hetero) is 2. The molecule has 0 bridgehead atoms. The molecule has 1 aromatic rings. The number of aromatic nitrogens is 1. The van der Waals surface area contributed by atoms with Crippen LogP contribution >= 0.6 is 0 Å². The molecule has 0 unspecified atom stereocenters. The minimum Gasteiger partial charge on any atom is -0.395 e. The highest BCUT2D eigenvalue weighted by Crippen LogP contribution is 2.19. The predicted octanol–water partition coefficient (Wildman–Crippen LogP) is 1.33. The minimum absolute atomic E-state index is 0.0303. The van der Waals surface area contributed by atoms with E-state index in [1.165, 1.54) is 6.92 Å². The first-order valence-corrected chi connectivity index (χ1v) is 6.48. The van der Waals surface area contributed by atoms with Gasteiger partial charge in [-0.1, -0.05) is 6.92 Å². The van der Waals surface area contributed by atoms with Gasteiger partial charge >= 0.3 is 0 Å². The quantitative estimate of drug-likeness (QED) is 0.730. The fourth-order valence-electron chi connectivity index (χ4n) is 2.33. The van der Waals surface area contributed by atoms with Gasteiger partial charge < -0.3 is 10.1 Å². The molecule has 19 heavy (non-hydrogen) atoms. The molecule has 106 valence electrons. The van der Waals surface area contributed by atoms with Crippen molar-refractivity contribution in [3.63, 3.8) is 0 Å². The van der Waals surface area contributed by atoms with Crippen LogP contribution in [0.1, 0.15) is 46.0 Å². The molecule has 0 aliphatic carbocycles. The molecule has 5 nitrogen and oxygen atoms in total. The second kappa shape index (κ2) is 6.63. The SMILES string of the molecule is CCN(CCO)CC(=O)c1[nH]c(C)c(C(C)=O)c1C. The van der Waals surface area contributed by atoms with Crippen LogP contribution in [0, 0.1) is 13.8 Å². The van der Waals surface area contributed by atoms with Crippen molar-refractivity contribution < 1.29 is 14.7 Å². The molecule has 0 atom stereocenters. The lowest BCUT2D eigenvalue weighted by Crippen LogP contribution is -2.32. The summed E-state index contributed by atoms with van der Waals surface area (Å²) in [6.45, 7) is 8.48. The van der Waals surface area contributed by atoms with E-state index in [0.29, 0.717) is 24.3 Å². The molecule has 0 aliphatic rings. The Morgan fingerprint density at radius 1 is 1.32 bits per heavy atom. The van der Waals surface area contributed by atoms with Gasteiger partial charge in [0.2, 0.25) is 0 Å². The molecule has 0 radical (unpaired) electrons. The number of nitrogens with one attached hydrogen (secondary N) is 1. The first-order valence-electron chi connectivity index (χ1n) is 6.48. The highest BCUT2D eigenvalue weighted by atomic mass is 16.3. The van der Waals surface area contributed by atoms with E-state index in [1.807, 2.05) is 11.8 Å². The van der Waals surface area contributed by atoms with E-state index in [2.05, 4.69) is 4.98 Å². The van der Waals surface area contributed by atoms with Gasteiger partial charge in [0.25, 0.3) is 0 Å². The maximum Gasteiger partial charge on any atom is 0.193 e. The van der Waals surface area contributed by atoms with Crippen LogP contribution in [0.4, 0.5) is 0 Å². The van der Waals surface area contributed by atoms with Crippen LogP contribution < -0.4 is 0 Å². The number of rotatable bonds is 7. The van der Waals surface area contributed by atoms with Gasteiger partial charge in [0.1, 0.15) is 0 Å². The van der Waals surface area contributed by atoms with Crippen molar-refractivity contribution in [1.82, 2.24) is 9.88 Å². The fraction of sp³-hybridized carbons (Fsp3) is 0.571. The number of ketones is 2. The molecular formula is C14H22N2O3. The van der Waals surface area contributed by atoms with E-state index in [4.69, 9.17) is 5.11 Å². The van der Waals surface area contributed by atoms with Crippen LogP contribution in [0.3, 0.4) is 0 Å². The van der Waals surface area contributed by atoms with E-state index >= 15 is 0 Å². The van der Waals surface area contributed by atoms with Gasteiger partial charge in [0.05, 0.1) is 18.8 Å². The summed E-state index contributed by atoms with van der Waals surface area (Å²) in [5.41, 5.74) is 2.56. The van der Waals surface area contributed by atoms with Gasteiger partial charge in [-0.25, -0.2) is 0 Å². The highest BCUT2D eigenvalue weighted by Gasteiger charge is 2.20. The lowest BCUT2D eigenvalue weighted by molar-refractivity contribution is 0.0914. The van der Waals surface area contributed by atoms with Crippen LogP contribution in [0.2, 0.25) is 0 Å². The van der Waals surface area contributed by atoms with Gasteiger partial charge in [0.15, 0.2) is 11.6 Å². The number of hydrogen-bond donors (Lipinski definition) is 2. The summed E-state index contributed by atoms with van der Waals surface area (Å²) in [6, 6.07) is 0. The monoisotopic (exact) mass is 266 g/mol. The zero-order valence-corrected chi connectivity index (χ0v) is 12.0. The second-order valence-corrected chi connectivity index (χ2v) is 4.70. The molecule has 0 saturated carbocycles. The topological polar surface area (TPSA) is 73.4 Å². The van der Waals surface area contributed by atoms with Crippen LogP contribution in [0.15, 0.2) is 0 Å². The summed E-state index contributed by atoms with van der Waals surface area (Å²) in [5.74, 6) is -0.0867. The Labute approximate surface area is 113 Å². The maximum absolute atomic E-state index is 12.2. The first kappa shape index (κ1) is 15.6. The maximum atomic E-state index is 12.2. The zero-order valence-electron chi connectivity index (χ0n) is 12.0. The number of carbonyl (C=O) groups is 2. The number of hydrogen-bond acceptors (Lipinski definition) is 4. The smallest absolute Gasteiger partial charge is 0.193 e. The number of nitrogens with zero attached hydrogens (tertiary/aromatic N) is 1. The van der Waals surface area contributed by atoms with Gasteiger partial charge in [-0.3, -0.25) is 14.5 Å². The van der Waals surface area contributed by atoms with Crippen molar-refractivity contribution in [2.75, 3.05) is 26.2 Å². The lowest BCUT2D eigenvalue weighted by atomic mass is 10.1. The van der Waals surface area contributed by atoms with Crippen LogP contribution in [0.5, 0.6) is 0 Å². The standard InChI is InChI=1S/C14H22N2O3/c1-5-16(6-7-17)8-12(19)14-9(2)13(11(4)18)10(3)15-14/h15,17H,5-8H2,1-4H3. The number of aliphatic hydroxyl groups is 1. The normalized spacial score (nSPS) is 11.1. The molecule has 0 aliphatic heterocycles. The van der Waals surface area contributed by atoms with Gasteiger partial charge in [-0.15, -0.1) is 0 Å². The number of aromatic amines is 1. The second-order valence-electron chi connectivity index (χ2n) is 4.70. The Bertz CT molecular complexity index is 477. The zero-order chi connectivity index (χ0) is 14.6. The third kappa shape index (κ3) is 3.52. The molecule has 1 rings (SSSR count). The summed E-state index contributed by atoms with van der Waals surface area (Å²) in [5, 5.41) is 8.92. The largest absolute Gasteiger partial charge is 0.395 e. The number of H-pyrrole nitrogens is 1. The van der Waals surface area contributed by atoms with Crippen molar-refractivity contribution in [2.45, 2.75) is 27.7 Å². The average molecular weight is 266 g/mol. The average Bonchev–Trinajstić information content (AvgIpc) is 2.64. The fourth-order valence-corrected chi connectivity index (χ4v) is 2.33. The van der Waals surface area contributed by atoms with E-state index in [9.17, 15) is 9.59 Å². The van der Waals surface area contributed by atoms with E-state index in [-0.39, 0.29) is 24.7 Å². The van der Waals surface area contributed by atoms with Crippen molar-refractivity contribution in [3.05, 3.63) is 22.5 Å². The van der Waals surface area contributed by atoms with Crippen molar-refractivity contribution >= 4 is 11.6 Å². The van der Waals surface area contributed by atoms with Crippen molar-refractivity contribution in [3.8, 4) is 0 Å². The molecule has 0 spiro atoms. The van der Waals surface area contributed by atoms with Crippen LogP contribution in [-0.4, -0.2) is 52.8 Å². The van der Waals surface area contributed by atoms with Crippen molar-refractivity contribution in [2.24, 2.45) is 0 Å². The van der Waals surface area contributed by atoms with Crippen molar-refractivity contribution in [1.29, 1.82) is 0 Å². The summed E-state index contributed by atoms with van der Waals surface area (Å²) in [4.78, 5) is 28.6. The predicted molar refractivity (Wildman–Crippen MR) is 73.8 cm³/mol. The Morgan fingerprint density at radius 2 is 1.95 bits per heavy atom. The molecule has 1 aromatic heterocycles. The third-order valence-corrected chi connectivity index (χ3v) is 3.30. The first-order chi connectivity index (χ1) is 8.92. The summed E-state index contributed by atoms with van der Waals surface area (Å²) in [7, 11) is 0. The van der Waals surface area contributed by atoms with Crippen LogP contribution in [0.25, 0.3) is 0 Å². The van der Waals surface area contributed by atoms with Gasteiger partial charge in [-0.05, 0) is 32.9 Å². The van der Waals surface area contributed by atoms with E-state index in [1.54, 1.807) is 13.8 Å². The van der Waals surface area contributed by atoms with E-state index in [0.717, 1.165) is 11.3 Å².